The summed E-state index contributed by atoms with van der Waals surface area (Å²) >= 11 is 0. The lowest BCUT2D eigenvalue weighted by Crippen LogP contribution is -2.59. The highest BCUT2D eigenvalue weighted by Gasteiger charge is 2.53. The number of Topliss-reactive ketones (excluding diaryl/α,β-unsaturated/α-hetero) is 2. The van der Waals surface area contributed by atoms with Crippen molar-refractivity contribution in [3.8, 4) is 17.2 Å². The number of ether oxygens (including phenoxy) is 14. The minimum Gasteiger partial charge on any atom is -0.507 e. The third kappa shape index (κ3) is 14.3. The van der Waals surface area contributed by atoms with Gasteiger partial charge in [-0.25, -0.2) is 0 Å². The van der Waals surface area contributed by atoms with E-state index >= 15 is 4.79 Å². The van der Waals surface area contributed by atoms with E-state index in [0.717, 1.165) is 0 Å². The molecule has 6 aliphatic rings. The molecule has 5 fully saturated rings. The van der Waals surface area contributed by atoms with E-state index < -0.39 is 194 Å². The molecule has 0 amide bonds. The maximum Gasteiger partial charge on any atom is 0.308 e. The van der Waals surface area contributed by atoms with Crippen LogP contribution in [-0.2, 0) is 82.4 Å². The normalized spacial score (nSPS) is 39.5. The molecule has 25 atom stereocenters. The molecule has 84 heavy (non-hydrogen) atoms. The number of hydrogen-bond acceptors (Lipinski definition) is 26. The molecular weight excluding hydrogens is 1110 g/mol. The summed E-state index contributed by atoms with van der Waals surface area (Å²) in [7, 11) is 2.64. The molecule has 0 radical (unpaired) electrons. The zero-order chi connectivity index (χ0) is 61.5. The van der Waals surface area contributed by atoms with E-state index in [1.807, 2.05) is 0 Å². The SMILES string of the molecule is CO[C@H]1[C@H](O)C[C@@H](O[C@H]2C[C@H](Oc3cc(O)c4c(O)c5c(cc4c3)C[C@@H]([C@H](OC)C(=O)[C@@H](O)[C@@H](C)O)[C@@H](O[C@H]3C[C@H](O[C@@H]4C[C@@H](O[C@@H]6C[C@](C)(O)[C@@H](OC(=O)C(C)C)[C@H](C)O6)[C@H](O)[C@@H](C)O4)[C@@H](O)[C@H](C)O3)C5=O)O[C@H](C)[C@H]2OC(C)=O)O[C@H]1C. The molecule has 8 N–H and O–H groups in total. The number of phenols is 2. The number of hydrogen-bond donors (Lipinski definition) is 8. The van der Waals surface area contributed by atoms with E-state index in [-0.39, 0.29) is 66.2 Å². The quantitative estimate of drug-likeness (QED) is 0.0931. The number of carbonyl (C=O) groups excluding carboxylic acids is 4. The largest absolute Gasteiger partial charge is 0.507 e. The van der Waals surface area contributed by atoms with Crippen LogP contribution in [0.2, 0.25) is 0 Å². The number of fused-ring (bicyclic) bond motifs is 2. The van der Waals surface area contributed by atoms with Crippen molar-refractivity contribution < 1.29 is 126 Å². The van der Waals surface area contributed by atoms with Crippen molar-refractivity contribution in [2.45, 2.75) is 255 Å². The first kappa shape index (κ1) is 65.7. The molecule has 0 aromatic heterocycles. The van der Waals surface area contributed by atoms with Gasteiger partial charge in [0.05, 0.1) is 71.8 Å². The van der Waals surface area contributed by atoms with Crippen LogP contribution in [0.1, 0.15) is 117 Å². The molecule has 8 rings (SSSR count). The van der Waals surface area contributed by atoms with Crippen LogP contribution in [0.25, 0.3) is 10.8 Å². The number of ketones is 2. The molecule has 5 saturated heterocycles. The van der Waals surface area contributed by atoms with Gasteiger partial charge in [-0.3, -0.25) is 19.2 Å². The molecule has 5 heterocycles. The molecule has 472 valence electrons. The fourth-order valence-electron chi connectivity index (χ4n) is 12.3. The van der Waals surface area contributed by atoms with Crippen molar-refractivity contribution in [3.63, 3.8) is 0 Å². The van der Waals surface area contributed by atoms with Crippen LogP contribution in [0.4, 0.5) is 0 Å². The first-order valence-corrected chi connectivity index (χ1v) is 28.7. The summed E-state index contributed by atoms with van der Waals surface area (Å²) in [6.07, 6.45) is -25.9. The Morgan fingerprint density at radius 2 is 1.24 bits per heavy atom. The van der Waals surface area contributed by atoms with Crippen molar-refractivity contribution in [2.24, 2.45) is 11.8 Å². The zero-order valence-corrected chi connectivity index (χ0v) is 49.3. The van der Waals surface area contributed by atoms with Crippen molar-refractivity contribution in [3.05, 3.63) is 29.3 Å². The lowest BCUT2D eigenvalue weighted by molar-refractivity contribution is -0.334. The molecular formula is C58H84O26. The number of methoxy groups -OCH3 is 2. The highest BCUT2D eigenvalue weighted by Crippen LogP contribution is 2.46. The summed E-state index contributed by atoms with van der Waals surface area (Å²) in [4.78, 5) is 53.8. The lowest BCUT2D eigenvalue weighted by Gasteiger charge is -2.47. The molecule has 2 aromatic carbocycles. The minimum atomic E-state index is -1.96. The third-order valence-corrected chi connectivity index (χ3v) is 16.7. The number of aromatic hydroxyl groups is 2. The van der Waals surface area contributed by atoms with Crippen LogP contribution < -0.4 is 4.74 Å². The summed E-state index contributed by atoms with van der Waals surface area (Å²) in [6.45, 7) is 15.4. The Bertz CT molecular complexity index is 2620. The number of benzene rings is 2. The molecule has 2 aromatic rings. The van der Waals surface area contributed by atoms with Crippen molar-refractivity contribution in [1.29, 1.82) is 0 Å². The Hall–Kier alpha value is -4.30. The fraction of sp³-hybridized carbons (Fsp3) is 0.759. The molecule has 0 bridgehead atoms. The summed E-state index contributed by atoms with van der Waals surface area (Å²) < 4.78 is 84.3. The van der Waals surface area contributed by atoms with Crippen LogP contribution in [0.3, 0.4) is 0 Å². The van der Waals surface area contributed by atoms with E-state index in [1.165, 1.54) is 60.1 Å². The molecule has 0 spiro atoms. The van der Waals surface area contributed by atoms with Gasteiger partial charge in [0, 0.05) is 65.2 Å². The molecule has 1 aliphatic carbocycles. The van der Waals surface area contributed by atoms with Crippen LogP contribution in [0.5, 0.6) is 17.2 Å². The summed E-state index contributed by atoms with van der Waals surface area (Å²) in [5, 5.41) is 89.9. The van der Waals surface area contributed by atoms with E-state index in [1.54, 1.807) is 41.5 Å². The van der Waals surface area contributed by atoms with Gasteiger partial charge < -0.3 is 107 Å². The zero-order valence-electron chi connectivity index (χ0n) is 49.3. The number of aliphatic hydroxyl groups is 6. The van der Waals surface area contributed by atoms with Crippen LogP contribution in [-0.4, -0.2) is 225 Å². The number of aliphatic hydroxyl groups excluding tert-OH is 5. The van der Waals surface area contributed by atoms with Gasteiger partial charge in [-0.1, -0.05) is 13.8 Å². The number of phenolic OH excluding ortho intramolecular Hbond substituents is 2. The van der Waals surface area contributed by atoms with Crippen molar-refractivity contribution in [2.75, 3.05) is 14.2 Å². The second kappa shape index (κ2) is 27.0. The van der Waals surface area contributed by atoms with Crippen LogP contribution in [0.15, 0.2) is 18.2 Å². The maximum atomic E-state index is 15.1. The van der Waals surface area contributed by atoms with Crippen LogP contribution >= 0.6 is 0 Å². The predicted molar refractivity (Wildman–Crippen MR) is 287 cm³/mol. The van der Waals surface area contributed by atoms with Crippen molar-refractivity contribution in [1.82, 2.24) is 0 Å². The number of carbonyl (C=O) groups is 4. The Labute approximate surface area is 486 Å². The smallest absolute Gasteiger partial charge is 0.308 e. The minimum absolute atomic E-state index is 0.0249. The van der Waals surface area contributed by atoms with Gasteiger partial charge in [0.25, 0.3) is 0 Å². The van der Waals surface area contributed by atoms with Crippen molar-refractivity contribution >= 4 is 34.3 Å². The topological polar surface area (TPSA) is 359 Å². The predicted octanol–water partition coefficient (Wildman–Crippen LogP) is 1.87. The molecule has 0 saturated carbocycles. The molecule has 0 unspecified atom stereocenters. The highest BCUT2D eigenvalue weighted by atomic mass is 16.7. The van der Waals surface area contributed by atoms with Gasteiger partial charge >= 0.3 is 11.9 Å². The maximum absolute atomic E-state index is 15.1. The molecule has 5 aliphatic heterocycles. The van der Waals surface area contributed by atoms with E-state index in [0.29, 0.717) is 0 Å². The molecule has 26 nitrogen and oxygen atoms in total. The lowest BCUT2D eigenvalue weighted by atomic mass is 9.75. The Morgan fingerprint density at radius 1 is 0.690 bits per heavy atom. The average molecular weight is 1200 g/mol. The summed E-state index contributed by atoms with van der Waals surface area (Å²) in [5.74, 6) is -5.78. The van der Waals surface area contributed by atoms with E-state index in [9.17, 15) is 55.2 Å². The van der Waals surface area contributed by atoms with E-state index in [4.69, 9.17) is 66.3 Å². The number of esters is 2. The van der Waals surface area contributed by atoms with Crippen LogP contribution in [0, 0.1) is 11.8 Å². The fourth-order valence-corrected chi connectivity index (χ4v) is 12.3. The Morgan fingerprint density at radius 3 is 1.81 bits per heavy atom. The van der Waals surface area contributed by atoms with Gasteiger partial charge in [-0.15, -0.1) is 0 Å². The molecule has 26 heteroatoms. The second-order valence-electron chi connectivity index (χ2n) is 23.7. The van der Waals surface area contributed by atoms with Gasteiger partial charge in [-0.05, 0) is 78.0 Å². The van der Waals surface area contributed by atoms with Gasteiger partial charge in [0.2, 0.25) is 6.29 Å². The highest BCUT2D eigenvalue weighted by molar-refractivity contribution is 6.11. The van der Waals surface area contributed by atoms with E-state index in [2.05, 4.69) is 0 Å². The standard InChI is InChI=1S/C58H84O26/c1-22(2)57(69)84-56-28(8)77-43(21-58(56,10)70)81-37-18-41(73-24(4)48(37)65)80-36-19-42(74-25(5)47(36)64)83-55-33(54(72-12)51(68)46(63)23(3)59)15-31-13-30-14-32(16-34(61)44(30)49(66)45(31)50(55)67)79-40-20-38(53(27(7)76-40)78-29(9)60)82-39-17-35(62)52(71-11)26(6)75-39/h13-14,16,22-28,33,35-43,46-48,52-56,59,61-66,70H,15,17-21H2,1-12H3/t23-,24-,25+,26+,27-,28+,33+,35-,36+,37-,38+,39-,40+,41-,42+,43-,46+,47+,48-,52-,53-,54+,55-,56+,58+/m1/s1. The Kier molecular flexibility index (Phi) is 21.1. The first-order chi connectivity index (χ1) is 39.5. The summed E-state index contributed by atoms with van der Waals surface area (Å²) in [6, 6.07) is 4.20. The number of rotatable bonds is 19. The van der Waals surface area contributed by atoms with Gasteiger partial charge in [-0.2, -0.15) is 0 Å². The average Bonchev–Trinajstić information content (AvgIpc) is 1.16. The third-order valence-electron chi connectivity index (χ3n) is 16.7. The Balaban J connectivity index is 1.02. The summed E-state index contributed by atoms with van der Waals surface area (Å²) in [5.41, 5.74) is -1.66. The first-order valence-electron chi connectivity index (χ1n) is 28.7. The monoisotopic (exact) mass is 1200 g/mol. The second-order valence-corrected chi connectivity index (χ2v) is 23.7. The van der Waals surface area contributed by atoms with Gasteiger partial charge in [0.15, 0.2) is 48.9 Å². The van der Waals surface area contributed by atoms with Gasteiger partial charge in [0.1, 0.15) is 65.6 Å².